The minimum atomic E-state index is -0.760. The van der Waals surface area contributed by atoms with E-state index in [1.54, 1.807) is 6.92 Å². The van der Waals surface area contributed by atoms with E-state index in [2.05, 4.69) is 4.74 Å². The van der Waals surface area contributed by atoms with Gasteiger partial charge in [-0.2, -0.15) is 0 Å². The van der Waals surface area contributed by atoms with E-state index in [1.165, 1.54) is 14.2 Å². The van der Waals surface area contributed by atoms with Crippen molar-refractivity contribution in [2.75, 3.05) is 14.2 Å². The fraction of sp³-hybridized carbons (Fsp3) is 0.875. The summed E-state index contributed by atoms with van der Waals surface area (Å²) in [6, 6.07) is 0. The highest BCUT2D eigenvalue weighted by molar-refractivity contribution is 5.78. The van der Waals surface area contributed by atoms with Crippen LogP contribution in [-0.4, -0.2) is 25.8 Å². The fourth-order valence-corrected chi connectivity index (χ4v) is 0.980. The van der Waals surface area contributed by atoms with Gasteiger partial charge in [0, 0.05) is 7.11 Å². The van der Waals surface area contributed by atoms with Gasteiger partial charge in [-0.3, -0.25) is 0 Å². The summed E-state index contributed by atoms with van der Waals surface area (Å²) in [5.74, 6) is -0.304. The predicted octanol–water partition coefficient (Wildman–Crippen LogP) is 1.36. The van der Waals surface area contributed by atoms with Gasteiger partial charge in [0.05, 0.1) is 7.11 Å². The lowest BCUT2D eigenvalue weighted by Crippen LogP contribution is -2.38. The lowest BCUT2D eigenvalue weighted by atomic mass is 10.0. The Morgan fingerprint density at radius 1 is 1.45 bits per heavy atom. The molecule has 0 aromatic rings. The Morgan fingerprint density at radius 3 is 2.27 bits per heavy atom. The van der Waals surface area contributed by atoms with E-state index in [1.807, 2.05) is 6.92 Å². The van der Waals surface area contributed by atoms with E-state index < -0.39 is 5.60 Å². The number of hydrogen-bond acceptors (Lipinski definition) is 3. The van der Waals surface area contributed by atoms with Gasteiger partial charge in [0.1, 0.15) is 0 Å². The maximum absolute atomic E-state index is 11.1. The lowest BCUT2D eigenvalue weighted by Gasteiger charge is -2.23. The van der Waals surface area contributed by atoms with Crippen LogP contribution < -0.4 is 0 Å². The van der Waals surface area contributed by atoms with Gasteiger partial charge in [-0.25, -0.2) is 4.79 Å². The molecule has 0 amide bonds. The molecule has 0 heterocycles. The van der Waals surface area contributed by atoms with Crippen LogP contribution in [0.3, 0.4) is 0 Å². The molecule has 11 heavy (non-hydrogen) atoms. The van der Waals surface area contributed by atoms with Crippen LogP contribution in [0.1, 0.15) is 26.7 Å². The number of esters is 1. The fourth-order valence-electron chi connectivity index (χ4n) is 0.980. The number of ether oxygens (including phenoxy) is 2. The minimum absolute atomic E-state index is 0.304. The average Bonchev–Trinajstić information content (AvgIpc) is 2.03. The van der Waals surface area contributed by atoms with Gasteiger partial charge in [-0.15, -0.1) is 0 Å². The monoisotopic (exact) mass is 160 g/mol. The van der Waals surface area contributed by atoms with Crippen molar-refractivity contribution in [2.24, 2.45) is 0 Å². The van der Waals surface area contributed by atoms with Crippen molar-refractivity contribution in [1.82, 2.24) is 0 Å². The summed E-state index contributed by atoms with van der Waals surface area (Å²) in [5.41, 5.74) is -0.760. The smallest absolute Gasteiger partial charge is 0.337 e. The summed E-state index contributed by atoms with van der Waals surface area (Å²) >= 11 is 0. The maximum atomic E-state index is 11.1. The summed E-state index contributed by atoms with van der Waals surface area (Å²) in [5, 5.41) is 0. The van der Waals surface area contributed by atoms with Crippen LogP contribution in [0, 0.1) is 0 Å². The molecule has 0 N–H and O–H groups in total. The Hall–Kier alpha value is -0.570. The van der Waals surface area contributed by atoms with Gasteiger partial charge in [0.15, 0.2) is 5.60 Å². The van der Waals surface area contributed by atoms with Crippen LogP contribution in [0.2, 0.25) is 0 Å². The molecule has 66 valence electrons. The first-order valence-corrected chi connectivity index (χ1v) is 3.74. The van der Waals surface area contributed by atoms with Crippen molar-refractivity contribution in [3.05, 3.63) is 0 Å². The van der Waals surface area contributed by atoms with Crippen molar-refractivity contribution < 1.29 is 14.3 Å². The number of carbonyl (C=O) groups is 1. The van der Waals surface area contributed by atoms with E-state index >= 15 is 0 Å². The molecule has 1 unspecified atom stereocenters. The SMILES string of the molecule is CCCC(C)(OC)C(=O)OC. The standard InChI is InChI=1S/C8H16O3/c1-5-6-8(2,11-4)7(9)10-3/h5-6H2,1-4H3. The zero-order chi connectivity index (χ0) is 8.91. The van der Waals surface area contributed by atoms with Crippen LogP contribution in [0.5, 0.6) is 0 Å². The van der Waals surface area contributed by atoms with E-state index in [0.29, 0.717) is 6.42 Å². The highest BCUT2D eigenvalue weighted by Gasteiger charge is 2.32. The minimum Gasteiger partial charge on any atom is -0.467 e. The Kier molecular flexibility index (Phi) is 4.11. The quantitative estimate of drug-likeness (QED) is 0.582. The summed E-state index contributed by atoms with van der Waals surface area (Å²) in [6.07, 6.45) is 1.59. The topological polar surface area (TPSA) is 35.5 Å². The molecule has 1 atom stereocenters. The van der Waals surface area contributed by atoms with Gasteiger partial charge in [0.2, 0.25) is 0 Å². The van der Waals surface area contributed by atoms with Crippen LogP contribution in [0.25, 0.3) is 0 Å². The molecule has 0 aliphatic heterocycles. The highest BCUT2D eigenvalue weighted by Crippen LogP contribution is 2.17. The van der Waals surface area contributed by atoms with Gasteiger partial charge in [0.25, 0.3) is 0 Å². The van der Waals surface area contributed by atoms with E-state index in [-0.39, 0.29) is 5.97 Å². The van der Waals surface area contributed by atoms with Gasteiger partial charge in [-0.1, -0.05) is 13.3 Å². The molecule has 0 aliphatic rings. The van der Waals surface area contributed by atoms with Crippen molar-refractivity contribution in [2.45, 2.75) is 32.3 Å². The van der Waals surface area contributed by atoms with Crippen molar-refractivity contribution in [3.63, 3.8) is 0 Å². The summed E-state index contributed by atoms with van der Waals surface area (Å²) in [7, 11) is 2.89. The second-order valence-electron chi connectivity index (χ2n) is 2.68. The molecule has 3 heteroatoms. The zero-order valence-corrected chi connectivity index (χ0v) is 7.64. The number of methoxy groups -OCH3 is 2. The third-order valence-corrected chi connectivity index (χ3v) is 1.79. The molecule has 3 nitrogen and oxygen atoms in total. The molecular weight excluding hydrogens is 144 g/mol. The third kappa shape index (κ3) is 2.50. The van der Waals surface area contributed by atoms with Gasteiger partial charge >= 0.3 is 5.97 Å². The zero-order valence-electron chi connectivity index (χ0n) is 7.64. The first-order chi connectivity index (χ1) is 5.10. The van der Waals surface area contributed by atoms with Crippen LogP contribution in [0.15, 0.2) is 0 Å². The first kappa shape index (κ1) is 10.4. The van der Waals surface area contributed by atoms with Crippen LogP contribution in [0.4, 0.5) is 0 Å². The largest absolute Gasteiger partial charge is 0.467 e. The van der Waals surface area contributed by atoms with Gasteiger partial charge < -0.3 is 9.47 Å². The molecule has 0 saturated heterocycles. The Bertz CT molecular complexity index is 133. The molecule has 0 spiro atoms. The predicted molar refractivity (Wildman–Crippen MR) is 42.3 cm³/mol. The number of carbonyl (C=O) groups excluding carboxylic acids is 1. The molecule has 0 radical (unpaired) electrons. The van der Waals surface area contributed by atoms with Crippen LogP contribution >= 0.6 is 0 Å². The Morgan fingerprint density at radius 2 is 2.00 bits per heavy atom. The Balaban J connectivity index is 4.19. The molecule has 0 aromatic carbocycles. The number of rotatable bonds is 4. The van der Waals surface area contributed by atoms with Crippen molar-refractivity contribution in [1.29, 1.82) is 0 Å². The first-order valence-electron chi connectivity index (χ1n) is 3.74. The molecule has 0 aliphatic carbocycles. The molecule has 0 fully saturated rings. The van der Waals surface area contributed by atoms with Crippen LogP contribution in [-0.2, 0) is 14.3 Å². The van der Waals surface area contributed by atoms with Gasteiger partial charge in [-0.05, 0) is 13.3 Å². The normalized spacial score (nSPS) is 15.6. The second kappa shape index (κ2) is 4.34. The average molecular weight is 160 g/mol. The molecule has 0 bridgehead atoms. The molecule has 0 rings (SSSR count). The Labute approximate surface area is 67.7 Å². The van der Waals surface area contributed by atoms with Crippen molar-refractivity contribution in [3.8, 4) is 0 Å². The van der Waals surface area contributed by atoms with E-state index in [4.69, 9.17) is 4.74 Å². The highest BCUT2D eigenvalue weighted by atomic mass is 16.6. The molecule has 0 saturated carbocycles. The van der Waals surface area contributed by atoms with E-state index in [0.717, 1.165) is 6.42 Å². The van der Waals surface area contributed by atoms with E-state index in [9.17, 15) is 4.79 Å². The maximum Gasteiger partial charge on any atom is 0.337 e. The molecular formula is C8H16O3. The van der Waals surface area contributed by atoms with Crippen molar-refractivity contribution >= 4 is 5.97 Å². The lowest BCUT2D eigenvalue weighted by molar-refractivity contribution is -0.164. The summed E-state index contributed by atoms with van der Waals surface area (Å²) < 4.78 is 9.65. The summed E-state index contributed by atoms with van der Waals surface area (Å²) in [6.45, 7) is 3.74. The molecule has 0 aromatic heterocycles. The third-order valence-electron chi connectivity index (χ3n) is 1.79. The summed E-state index contributed by atoms with van der Waals surface area (Å²) in [4.78, 5) is 11.1. The second-order valence-corrected chi connectivity index (χ2v) is 2.68. The number of hydrogen-bond donors (Lipinski definition) is 0.